The van der Waals surface area contributed by atoms with Gasteiger partial charge in [-0.05, 0) is 30.7 Å². The van der Waals surface area contributed by atoms with Crippen molar-refractivity contribution in [2.45, 2.75) is 6.92 Å². The Morgan fingerprint density at radius 2 is 1.94 bits per heavy atom. The van der Waals surface area contributed by atoms with Gasteiger partial charge in [0.15, 0.2) is 5.78 Å². The molecular weight excluding hydrogens is 202 g/mol. The van der Waals surface area contributed by atoms with E-state index in [1.165, 1.54) is 0 Å². The second kappa shape index (κ2) is 4.31. The monoisotopic (exact) mass is 215 g/mol. The zero-order valence-electron chi connectivity index (χ0n) is 9.36. The van der Waals surface area contributed by atoms with Crippen LogP contribution < -0.4 is 4.74 Å². The zero-order valence-corrected chi connectivity index (χ0v) is 9.36. The number of carbonyl (C=O) groups excluding carboxylic acids is 1. The van der Waals surface area contributed by atoms with Gasteiger partial charge in [0, 0.05) is 11.3 Å². The fraction of sp³-hybridized carbons (Fsp3) is 0.231. The summed E-state index contributed by atoms with van der Waals surface area (Å²) in [5.41, 5.74) is 2.80. The second-order valence-corrected chi connectivity index (χ2v) is 3.65. The number of aliphatic imine (C=N–C) groups is 1. The predicted molar refractivity (Wildman–Crippen MR) is 64.0 cm³/mol. The van der Waals surface area contributed by atoms with E-state index >= 15 is 0 Å². The summed E-state index contributed by atoms with van der Waals surface area (Å²) in [5, 5.41) is 0. The lowest BCUT2D eigenvalue weighted by atomic mass is 9.98. The minimum Gasteiger partial charge on any atom is -0.497 e. The van der Waals surface area contributed by atoms with Gasteiger partial charge < -0.3 is 4.74 Å². The molecule has 0 aromatic heterocycles. The highest BCUT2D eigenvalue weighted by atomic mass is 16.5. The van der Waals surface area contributed by atoms with E-state index in [2.05, 4.69) is 4.99 Å². The quantitative estimate of drug-likeness (QED) is 0.758. The van der Waals surface area contributed by atoms with Crippen molar-refractivity contribution in [3.63, 3.8) is 0 Å². The summed E-state index contributed by atoms with van der Waals surface area (Å²) < 4.78 is 5.09. The van der Waals surface area contributed by atoms with Crippen LogP contribution in [0.3, 0.4) is 0 Å². The lowest BCUT2D eigenvalue weighted by Crippen LogP contribution is -2.11. The minimum absolute atomic E-state index is 0.0522. The summed E-state index contributed by atoms with van der Waals surface area (Å²) >= 11 is 0. The first-order valence-corrected chi connectivity index (χ1v) is 5.11. The van der Waals surface area contributed by atoms with Gasteiger partial charge in [0.2, 0.25) is 0 Å². The number of allylic oxidation sites excluding steroid dienone is 1. The van der Waals surface area contributed by atoms with E-state index in [0.717, 1.165) is 22.6 Å². The van der Waals surface area contributed by atoms with Crippen LogP contribution in [0.1, 0.15) is 12.5 Å². The molecule has 0 atom stereocenters. The Labute approximate surface area is 94.5 Å². The Morgan fingerprint density at radius 1 is 1.25 bits per heavy atom. The molecule has 0 saturated carbocycles. The standard InChI is InChI=1S/C13H13NO2/c1-9-13(7-11(15)8-14-9)10-3-5-12(16-2)6-4-10/h3-7H,8H2,1-2H3. The van der Waals surface area contributed by atoms with Gasteiger partial charge in [-0.1, -0.05) is 12.1 Å². The summed E-state index contributed by atoms with van der Waals surface area (Å²) in [6.07, 6.45) is 1.66. The number of rotatable bonds is 2. The fourth-order valence-electron chi connectivity index (χ4n) is 1.66. The summed E-state index contributed by atoms with van der Waals surface area (Å²) in [6, 6.07) is 7.62. The third kappa shape index (κ3) is 2.03. The summed E-state index contributed by atoms with van der Waals surface area (Å²) in [6.45, 7) is 2.19. The molecule has 1 heterocycles. The normalized spacial score (nSPS) is 15.5. The Bertz CT molecular complexity index is 469. The number of benzene rings is 1. The first-order valence-electron chi connectivity index (χ1n) is 5.11. The van der Waals surface area contributed by atoms with Crippen LogP contribution in [0.25, 0.3) is 5.57 Å². The van der Waals surface area contributed by atoms with Crippen molar-refractivity contribution in [2.75, 3.05) is 13.7 Å². The zero-order chi connectivity index (χ0) is 11.5. The molecule has 82 valence electrons. The first-order chi connectivity index (χ1) is 7.70. The SMILES string of the molecule is COc1ccc(C2=CC(=O)CN=C2C)cc1. The molecule has 1 aromatic carbocycles. The number of ketones is 1. The molecule has 0 unspecified atom stereocenters. The van der Waals surface area contributed by atoms with Gasteiger partial charge in [-0.3, -0.25) is 9.79 Å². The molecule has 0 spiro atoms. The van der Waals surface area contributed by atoms with Crippen molar-refractivity contribution >= 4 is 17.1 Å². The maximum atomic E-state index is 11.3. The van der Waals surface area contributed by atoms with Gasteiger partial charge in [0.05, 0.1) is 7.11 Å². The molecule has 0 bridgehead atoms. The van der Waals surface area contributed by atoms with Gasteiger partial charge in [-0.25, -0.2) is 0 Å². The Hall–Kier alpha value is -1.90. The lowest BCUT2D eigenvalue weighted by molar-refractivity contribution is -0.113. The van der Waals surface area contributed by atoms with Gasteiger partial charge in [-0.15, -0.1) is 0 Å². The van der Waals surface area contributed by atoms with E-state index in [0.29, 0.717) is 0 Å². The van der Waals surface area contributed by atoms with E-state index in [1.54, 1.807) is 13.2 Å². The summed E-state index contributed by atoms with van der Waals surface area (Å²) in [7, 11) is 1.63. The molecule has 0 fully saturated rings. The topological polar surface area (TPSA) is 38.7 Å². The van der Waals surface area contributed by atoms with Crippen LogP contribution in [0.15, 0.2) is 35.3 Å². The third-order valence-electron chi connectivity index (χ3n) is 2.57. The molecule has 0 aliphatic carbocycles. The van der Waals surface area contributed by atoms with Crippen LogP contribution in [0, 0.1) is 0 Å². The van der Waals surface area contributed by atoms with Crippen LogP contribution in [0.5, 0.6) is 5.75 Å². The molecule has 0 saturated heterocycles. The highest BCUT2D eigenvalue weighted by molar-refractivity contribution is 6.28. The molecule has 1 aromatic rings. The molecule has 0 amide bonds. The molecule has 1 aliphatic heterocycles. The fourth-order valence-corrected chi connectivity index (χ4v) is 1.66. The van der Waals surface area contributed by atoms with Crippen molar-refractivity contribution in [2.24, 2.45) is 4.99 Å². The van der Waals surface area contributed by atoms with E-state index < -0.39 is 0 Å². The van der Waals surface area contributed by atoms with Crippen LogP contribution >= 0.6 is 0 Å². The van der Waals surface area contributed by atoms with Crippen LogP contribution in [-0.2, 0) is 4.79 Å². The number of hydrogen-bond acceptors (Lipinski definition) is 3. The van der Waals surface area contributed by atoms with E-state index in [-0.39, 0.29) is 12.3 Å². The van der Waals surface area contributed by atoms with Crippen LogP contribution in [0.4, 0.5) is 0 Å². The van der Waals surface area contributed by atoms with Crippen molar-refractivity contribution in [1.82, 2.24) is 0 Å². The predicted octanol–water partition coefficient (Wildman–Crippen LogP) is 2.12. The second-order valence-electron chi connectivity index (χ2n) is 3.65. The van der Waals surface area contributed by atoms with E-state index in [4.69, 9.17) is 4.74 Å². The number of methoxy groups -OCH3 is 1. The smallest absolute Gasteiger partial charge is 0.177 e. The maximum absolute atomic E-state index is 11.3. The van der Waals surface area contributed by atoms with Gasteiger partial charge in [-0.2, -0.15) is 0 Å². The average molecular weight is 215 g/mol. The largest absolute Gasteiger partial charge is 0.497 e. The Morgan fingerprint density at radius 3 is 2.56 bits per heavy atom. The minimum atomic E-state index is 0.0522. The number of dihydropyridines is 1. The molecule has 3 heteroatoms. The first kappa shape index (κ1) is 10.6. The van der Waals surface area contributed by atoms with Crippen molar-refractivity contribution in [3.05, 3.63) is 35.9 Å². The highest BCUT2D eigenvalue weighted by Crippen LogP contribution is 2.21. The number of ether oxygens (including phenoxy) is 1. The summed E-state index contributed by atoms with van der Waals surface area (Å²) in [5.74, 6) is 0.859. The van der Waals surface area contributed by atoms with E-state index in [9.17, 15) is 4.79 Å². The lowest BCUT2D eigenvalue weighted by Gasteiger charge is -2.11. The molecule has 0 radical (unpaired) electrons. The molecule has 16 heavy (non-hydrogen) atoms. The van der Waals surface area contributed by atoms with Gasteiger partial charge in [0.1, 0.15) is 12.3 Å². The number of nitrogens with zero attached hydrogens (tertiary/aromatic N) is 1. The molecule has 2 rings (SSSR count). The van der Waals surface area contributed by atoms with Gasteiger partial charge in [0.25, 0.3) is 0 Å². The molecule has 0 N–H and O–H groups in total. The van der Waals surface area contributed by atoms with Crippen molar-refractivity contribution in [3.8, 4) is 5.75 Å². The molecule has 1 aliphatic rings. The Balaban J connectivity index is 2.36. The molecular formula is C13H13NO2. The average Bonchev–Trinajstić information content (AvgIpc) is 2.32. The number of carbonyl (C=O) groups is 1. The summed E-state index contributed by atoms with van der Waals surface area (Å²) in [4.78, 5) is 15.5. The third-order valence-corrected chi connectivity index (χ3v) is 2.57. The van der Waals surface area contributed by atoms with Gasteiger partial charge >= 0.3 is 0 Å². The number of hydrogen-bond donors (Lipinski definition) is 0. The molecule has 3 nitrogen and oxygen atoms in total. The maximum Gasteiger partial charge on any atom is 0.177 e. The van der Waals surface area contributed by atoms with Crippen LogP contribution in [0.2, 0.25) is 0 Å². The van der Waals surface area contributed by atoms with Crippen molar-refractivity contribution in [1.29, 1.82) is 0 Å². The highest BCUT2D eigenvalue weighted by Gasteiger charge is 2.12. The Kier molecular flexibility index (Phi) is 2.86. The van der Waals surface area contributed by atoms with Crippen LogP contribution in [-0.4, -0.2) is 25.1 Å². The van der Waals surface area contributed by atoms with E-state index in [1.807, 2.05) is 31.2 Å². The van der Waals surface area contributed by atoms with Crippen molar-refractivity contribution < 1.29 is 9.53 Å².